The maximum absolute atomic E-state index is 5.82. The van der Waals surface area contributed by atoms with Gasteiger partial charge >= 0.3 is 0 Å². The molecule has 1 aromatic heterocycles. The fraction of sp³-hybridized carbons (Fsp3) is 0. The van der Waals surface area contributed by atoms with E-state index in [1.165, 1.54) is 0 Å². The van der Waals surface area contributed by atoms with Crippen LogP contribution in [0.4, 0.5) is 5.69 Å². The van der Waals surface area contributed by atoms with Gasteiger partial charge < -0.3 is 5.73 Å². The van der Waals surface area contributed by atoms with Crippen LogP contribution in [0.15, 0.2) is 45.6 Å². The molecule has 2 aromatic rings. The van der Waals surface area contributed by atoms with Gasteiger partial charge in [0.05, 0.1) is 5.69 Å². The van der Waals surface area contributed by atoms with Gasteiger partial charge in [-0.3, -0.25) is 4.98 Å². The largest absolute Gasteiger partial charge is 0.397 e. The highest BCUT2D eigenvalue weighted by atomic mass is 79.9. The van der Waals surface area contributed by atoms with E-state index >= 15 is 0 Å². The number of nitrogen functional groups attached to an aromatic ring is 1. The van der Waals surface area contributed by atoms with Crippen molar-refractivity contribution in [2.75, 3.05) is 5.73 Å². The molecule has 4 heteroatoms. The van der Waals surface area contributed by atoms with Crippen molar-refractivity contribution < 1.29 is 0 Å². The molecule has 0 aliphatic heterocycles. The van der Waals surface area contributed by atoms with Gasteiger partial charge in [0.2, 0.25) is 0 Å². The number of pyridine rings is 1. The molecule has 0 fully saturated rings. The quantitative estimate of drug-likeness (QED) is 0.808. The molecule has 2 rings (SSSR count). The highest BCUT2D eigenvalue weighted by Crippen LogP contribution is 2.33. The molecular weight excluding hydrogens is 320 g/mol. The lowest BCUT2D eigenvalue weighted by molar-refractivity contribution is 1.33. The number of halogens is 2. The van der Waals surface area contributed by atoms with E-state index in [4.69, 9.17) is 5.73 Å². The number of hydrogen-bond acceptors (Lipinski definition) is 2. The first kappa shape index (κ1) is 10.6. The minimum Gasteiger partial charge on any atom is -0.397 e. The molecule has 1 heterocycles. The standard InChI is InChI=1S/C11H8Br2N2/c12-9-5-8(6-10(13)11(9)14)7-1-3-15-4-2-7/h1-6H,14H2. The zero-order valence-corrected chi connectivity index (χ0v) is 10.9. The van der Waals surface area contributed by atoms with Crippen molar-refractivity contribution in [3.05, 3.63) is 45.6 Å². The summed E-state index contributed by atoms with van der Waals surface area (Å²) in [5.41, 5.74) is 8.76. The average molecular weight is 328 g/mol. The molecule has 15 heavy (non-hydrogen) atoms. The molecule has 0 bridgehead atoms. The third-order valence-electron chi connectivity index (χ3n) is 2.09. The van der Waals surface area contributed by atoms with Crippen molar-refractivity contribution >= 4 is 37.5 Å². The van der Waals surface area contributed by atoms with Crippen LogP contribution < -0.4 is 5.73 Å². The van der Waals surface area contributed by atoms with E-state index in [1.54, 1.807) is 12.4 Å². The monoisotopic (exact) mass is 326 g/mol. The first-order valence-electron chi connectivity index (χ1n) is 4.33. The van der Waals surface area contributed by atoms with Crippen molar-refractivity contribution in [1.82, 2.24) is 4.98 Å². The summed E-state index contributed by atoms with van der Waals surface area (Å²) in [7, 11) is 0. The van der Waals surface area contributed by atoms with Gasteiger partial charge in [-0.25, -0.2) is 0 Å². The number of anilines is 1. The maximum atomic E-state index is 5.82. The van der Waals surface area contributed by atoms with Gasteiger partial charge in [-0.15, -0.1) is 0 Å². The molecule has 1 aromatic carbocycles. The maximum Gasteiger partial charge on any atom is 0.0603 e. The van der Waals surface area contributed by atoms with Gasteiger partial charge in [0, 0.05) is 21.3 Å². The van der Waals surface area contributed by atoms with Crippen LogP contribution in [0.2, 0.25) is 0 Å². The smallest absolute Gasteiger partial charge is 0.0603 e. The second kappa shape index (κ2) is 4.33. The summed E-state index contributed by atoms with van der Waals surface area (Å²) in [4.78, 5) is 3.99. The second-order valence-electron chi connectivity index (χ2n) is 3.09. The number of aromatic nitrogens is 1. The SMILES string of the molecule is Nc1c(Br)cc(-c2ccncc2)cc1Br. The Kier molecular flexibility index (Phi) is 3.07. The molecule has 0 aliphatic rings. The number of rotatable bonds is 1. The Morgan fingerprint density at radius 2 is 1.47 bits per heavy atom. The topological polar surface area (TPSA) is 38.9 Å². The van der Waals surface area contributed by atoms with Crippen molar-refractivity contribution in [1.29, 1.82) is 0 Å². The molecule has 0 saturated heterocycles. The normalized spacial score (nSPS) is 10.3. The lowest BCUT2D eigenvalue weighted by Crippen LogP contribution is -1.89. The molecule has 0 amide bonds. The van der Waals surface area contributed by atoms with Gasteiger partial charge in [-0.1, -0.05) is 0 Å². The van der Waals surface area contributed by atoms with Gasteiger partial charge in [-0.05, 0) is 67.3 Å². The van der Waals surface area contributed by atoms with E-state index in [1.807, 2.05) is 24.3 Å². The predicted molar refractivity (Wildman–Crippen MR) is 69.5 cm³/mol. The number of hydrogen-bond donors (Lipinski definition) is 1. The first-order valence-corrected chi connectivity index (χ1v) is 5.92. The summed E-state index contributed by atoms with van der Waals surface area (Å²) in [5.74, 6) is 0. The van der Waals surface area contributed by atoms with Gasteiger partial charge in [0.1, 0.15) is 0 Å². The summed E-state index contributed by atoms with van der Waals surface area (Å²) in [6, 6.07) is 7.92. The third kappa shape index (κ3) is 2.21. The lowest BCUT2D eigenvalue weighted by atomic mass is 10.1. The molecule has 0 saturated carbocycles. The summed E-state index contributed by atoms with van der Waals surface area (Å²) < 4.78 is 1.78. The molecule has 76 valence electrons. The Morgan fingerprint density at radius 3 is 2.00 bits per heavy atom. The molecule has 2 nitrogen and oxygen atoms in total. The highest BCUT2D eigenvalue weighted by Gasteiger charge is 2.05. The zero-order chi connectivity index (χ0) is 10.8. The van der Waals surface area contributed by atoms with Crippen molar-refractivity contribution in [3.8, 4) is 11.1 Å². The average Bonchev–Trinajstić information content (AvgIpc) is 2.26. The fourth-order valence-electron chi connectivity index (χ4n) is 1.30. The summed E-state index contributed by atoms with van der Waals surface area (Å²) in [5, 5.41) is 0. The van der Waals surface area contributed by atoms with Crippen LogP contribution in [0.5, 0.6) is 0 Å². The minimum atomic E-state index is 0.716. The van der Waals surface area contributed by atoms with E-state index in [-0.39, 0.29) is 0 Å². The Balaban J connectivity index is 2.56. The Morgan fingerprint density at radius 1 is 0.933 bits per heavy atom. The second-order valence-corrected chi connectivity index (χ2v) is 4.80. The zero-order valence-electron chi connectivity index (χ0n) is 7.74. The van der Waals surface area contributed by atoms with Gasteiger partial charge in [-0.2, -0.15) is 0 Å². The van der Waals surface area contributed by atoms with Crippen molar-refractivity contribution in [2.45, 2.75) is 0 Å². The third-order valence-corrected chi connectivity index (χ3v) is 3.40. The molecule has 0 radical (unpaired) electrons. The Labute approximate surface area is 105 Å². The van der Waals surface area contributed by atoms with Crippen LogP contribution in [-0.2, 0) is 0 Å². The lowest BCUT2D eigenvalue weighted by Gasteiger charge is -2.06. The van der Waals surface area contributed by atoms with Crippen molar-refractivity contribution in [2.24, 2.45) is 0 Å². The number of nitrogens with two attached hydrogens (primary N) is 1. The van der Waals surface area contributed by atoms with E-state index in [9.17, 15) is 0 Å². The van der Waals surface area contributed by atoms with Crippen LogP contribution in [0.25, 0.3) is 11.1 Å². The van der Waals surface area contributed by atoms with Gasteiger partial charge in [0.15, 0.2) is 0 Å². The molecule has 2 N–H and O–H groups in total. The summed E-state index contributed by atoms with van der Waals surface area (Å²) >= 11 is 6.85. The van der Waals surface area contributed by atoms with Crippen LogP contribution in [0, 0.1) is 0 Å². The van der Waals surface area contributed by atoms with E-state index in [2.05, 4.69) is 36.8 Å². The molecule has 0 aliphatic carbocycles. The van der Waals surface area contributed by atoms with Crippen LogP contribution in [-0.4, -0.2) is 4.98 Å². The fourth-order valence-corrected chi connectivity index (χ4v) is 2.48. The van der Waals surface area contributed by atoms with E-state index in [0.29, 0.717) is 5.69 Å². The summed E-state index contributed by atoms with van der Waals surface area (Å²) in [6.07, 6.45) is 3.54. The van der Waals surface area contributed by atoms with Crippen LogP contribution >= 0.6 is 31.9 Å². The highest BCUT2D eigenvalue weighted by molar-refractivity contribution is 9.11. The van der Waals surface area contributed by atoms with Crippen LogP contribution in [0.1, 0.15) is 0 Å². The minimum absolute atomic E-state index is 0.716. The van der Waals surface area contributed by atoms with E-state index < -0.39 is 0 Å². The number of benzene rings is 1. The Hall–Kier alpha value is -0.870. The van der Waals surface area contributed by atoms with Crippen LogP contribution in [0.3, 0.4) is 0 Å². The molecular formula is C11H8Br2N2. The molecule has 0 atom stereocenters. The van der Waals surface area contributed by atoms with E-state index in [0.717, 1.165) is 20.1 Å². The number of nitrogens with zero attached hydrogens (tertiary/aromatic N) is 1. The predicted octanol–water partition coefficient (Wildman–Crippen LogP) is 3.86. The Bertz CT molecular complexity index is 460. The van der Waals surface area contributed by atoms with Gasteiger partial charge in [0.25, 0.3) is 0 Å². The molecule has 0 spiro atoms. The first-order chi connectivity index (χ1) is 7.18. The van der Waals surface area contributed by atoms with Crippen molar-refractivity contribution in [3.63, 3.8) is 0 Å². The molecule has 0 unspecified atom stereocenters. The summed E-state index contributed by atoms with van der Waals surface area (Å²) in [6.45, 7) is 0.